The molecular formula is C23H29N. The van der Waals surface area contributed by atoms with E-state index in [9.17, 15) is 0 Å². The summed E-state index contributed by atoms with van der Waals surface area (Å²) in [6.07, 6.45) is 11.0. The summed E-state index contributed by atoms with van der Waals surface area (Å²) in [7, 11) is 0. The molecule has 0 aliphatic heterocycles. The highest BCUT2D eigenvalue weighted by Crippen LogP contribution is 2.31. The minimum atomic E-state index is 0.633. The lowest BCUT2D eigenvalue weighted by molar-refractivity contribution is 0.337. The maximum absolute atomic E-state index is 2.70. The van der Waals surface area contributed by atoms with Gasteiger partial charge in [-0.25, -0.2) is 0 Å². The molecule has 0 N–H and O–H groups in total. The van der Waals surface area contributed by atoms with Crippen molar-refractivity contribution < 1.29 is 0 Å². The molecule has 1 fully saturated rings. The van der Waals surface area contributed by atoms with Crippen LogP contribution in [0.15, 0.2) is 54.6 Å². The predicted octanol–water partition coefficient (Wildman–Crippen LogP) is 5.63. The molecule has 0 saturated heterocycles. The number of nitrogens with zero attached hydrogens (tertiary/aromatic N) is 1. The first-order valence-electron chi connectivity index (χ1n) is 9.78. The Bertz CT molecular complexity index is 617. The van der Waals surface area contributed by atoms with Gasteiger partial charge in [0.05, 0.1) is 0 Å². The molecule has 0 radical (unpaired) electrons. The van der Waals surface area contributed by atoms with Crippen LogP contribution in [0.2, 0.25) is 0 Å². The fourth-order valence-electron chi connectivity index (χ4n) is 4.70. The quantitative estimate of drug-likeness (QED) is 0.690. The third-order valence-electron chi connectivity index (χ3n) is 6.06. The number of fused-ring (bicyclic) bond motifs is 1. The van der Waals surface area contributed by atoms with Crippen molar-refractivity contribution in [1.82, 2.24) is 0 Å². The van der Waals surface area contributed by atoms with E-state index in [4.69, 9.17) is 0 Å². The van der Waals surface area contributed by atoms with E-state index in [0.717, 1.165) is 5.92 Å². The Kier molecular flexibility index (Phi) is 4.87. The van der Waals surface area contributed by atoms with Crippen molar-refractivity contribution in [3.8, 4) is 0 Å². The van der Waals surface area contributed by atoms with Crippen molar-refractivity contribution in [3.05, 3.63) is 65.7 Å². The number of hydrogen-bond donors (Lipinski definition) is 0. The minimum Gasteiger partial charge on any atom is -0.368 e. The van der Waals surface area contributed by atoms with Crippen molar-refractivity contribution in [1.29, 1.82) is 0 Å². The van der Waals surface area contributed by atoms with Gasteiger partial charge in [0, 0.05) is 18.3 Å². The van der Waals surface area contributed by atoms with E-state index in [-0.39, 0.29) is 0 Å². The van der Waals surface area contributed by atoms with E-state index < -0.39 is 0 Å². The Balaban J connectivity index is 1.49. The van der Waals surface area contributed by atoms with Gasteiger partial charge in [0.25, 0.3) is 0 Å². The van der Waals surface area contributed by atoms with Gasteiger partial charge in [0.15, 0.2) is 0 Å². The van der Waals surface area contributed by atoms with Gasteiger partial charge < -0.3 is 4.90 Å². The standard InChI is InChI=1S/C23H29N/c1-3-9-19(10-4-1)15-16-24(22-13-5-2-6-14-22)23-17-20-11-7-8-12-21(20)18-23/h2,5-8,11-14,19,23H,1,3-4,9-10,15-18H2. The van der Waals surface area contributed by atoms with E-state index >= 15 is 0 Å². The first kappa shape index (κ1) is 15.7. The molecule has 2 aromatic carbocycles. The largest absolute Gasteiger partial charge is 0.368 e. The Hall–Kier alpha value is -1.76. The molecule has 1 heteroatoms. The number of hydrogen-bond acceptors (Lipinski definition) is 1. The molecule has 0 spiro atoms. The summed E-state index contributed by atoms with van der Waals surface area (Å²) < 4.78 is 0. The molecule has 126 valence electrons. The zero-order chi connectivity index (χ0) is 16.2. The third-order valence-corrected chi connectivity index (χ3v) is 6.06. The zero-order valence-electron chi connectivity index (χ0n) is 14.7. The van der Waals surface area contributed by atoms with Crippen LogP contribution in [0.5, 0.6) is 0 Å². The molecule has 0 aromatic heterocycles. The zero-order valence-corrected chi connectivity index (χ0v) is 14.7. The summed E-state index contributed by atoms with van der Waals surface area (Å²) in [5, 5.41) is 0. The average molecular weight is 319 g/mol. The summed E-state index contributed by atoms with van der Waals surface area (Å²) >= 11 is 0. The van der Waals surface area contributed by atoms with Gasteiger partial charge >= 0.3 is 0 Å². The van der Waals surface area contributed by atoms with Crippen molar-refractivity contribution in [2.75, 3.05) is 11.4 Å². The second-order valence-corrected chi connectivity index (χ2v) is 7.65. The van der Waals surface area contributed by atoms with Crippen LogP contribution in [0.25, 0.3) is 0 Å². The van der Waals surface area contributed by atoms with Gasteiger partial charge in [-0.15, -0.1) is 0 Å². The second kappa shape index (κ2) is 7.42. The van der Waals surface area contributed by atoms with Crippen LogP contribution in [-0.4, -0.2) is 12.6 Å². The fraction of sp³-hybridized carbons (Fsp3) is 0.478. The van der Waals surface area contributed by atoms with Crippen LogP contribution >= 0.6 is 0 Å². The van der Waals surface area contributed by atoms with Crippen LogP contribution in [0, 0.1) is 5.92 Å². The highest BCUT2D eigenvalue weighted by atomic mass is 15.2. The molecule has 2 aromatic rings. The molecule has 0 bridgehead atoms. The first-order chi connectivity index (χ1) is 11.9. The van der Waals surface area contributed by atoms with Crippen molar-refractivity contribution in [2.24, 2.45) is 5.92 Å². The van der Waals surface area contributed by atoms with E-state index in [1.54, 1.807) is 11.1 Å². The molecule has 1 nitrogen and oxygen atoms in total. The highest BCUT2D eigenvalue weighted by Gasteiger charge is 2.27. The topological polar surface area (TPSA) is 3.24 Å². The van der Waals surface area contributed by atoms with E-state index in [1.165, 1.54) is 63.6 Å². The molecule has 24 heavy (non-hydrogen) atoms. The maximum Gasteiger partial charge on any atom is 0.0370 e. The first-order valence-corrected chi connectivity index (χ1v) is 9.78. The molecule has 4 rings (SSSR count). The lowest BCUT2D eigenvalue weighted by Gasteiger charge is -2.33. The van der Waals surface area contributed by atoms with Gasteiger partial charge in [0.2, 0.25) is 0 Å². The Labute approximate surface area is 146 Å². The summed E-state index contributed by atoms with van der Waals surface area (Å²) in [5.74, 6) is 0.953. The van der Waals surface area contributed by atoms with Crippen LogP contribution in [0.1, 0.15) is 49.7 Å². The fourth-order valence-corrected chi connectivity index (χ4v) is 4.70. The Morgan fingerprint density at radius 3 is 2.04 bits per heavy atom. The summed E-state index contributed by atoms with van der Waals surface area (Å²) in [5.41, 5.74) is 4.52. The second-order valence-electron chi connectivity index (χ2n) is 7.65. The van der Waals surface area contributed by atoms with Crippen molar-refractivity contribution in [2.45, 2.75) is 57.4 Å². The molecule has 0 unspecified atom stereocenters. The molecule has 2 aliphatic rings. The van der Waals surface area contributed by atoms with Gasteiger partial charge in [-0.05, 0) is 48.4 Å². The van der Waals surface area contributed by atoms with E-state index in [1.807, 2.05) is 0 Å². The summed E-state index contributed by atoms with van der Waals surface area (Å²) in [6, 6.07) is 20.7. The third kappa shape index (κ3) is 3.50. The van der Waals surface area contributed by atoms with Gasteiger partial charge in [-0.3, -0.25) is 0 Å². The van der Waals surface area contributed by atoms with Crippen LogP contribution in [0.4, 0.5) is 5.69 Å². The average Bonchev–Trinajstić information content (AvgIpc) is 3.07. The smallest absolute Gasteiger partial charge is 0.0370 e. The molecular weight excluding hydrogens is 290 g/mol. The number of anilines is 1. The lowest BCUT2D eigenvalue weighted by Crippen LogP contribution is -2.37. The Morgan fingerprint density at radius 1 is 0.750 bits per heavy atom. The number of para-hydroxylation sites is 1. The van der Waals surface area contributed by atoms with Gasteiger partial charge in [-0.2, -0.15) is 0 Å². The molecule has 0 atom stereocenters. The number of rotatable bonds is 5. The van der Waals surface area contributed by atoms with Crippen LogP contribution in [0.3, 0.4) is 0 Å². The van der Waals surface area contributed by atoms with Crippen molar-refractivity contribution >= 4 is 5.69 Å². The van der Waals surface area contributed by atoms with E-state index in [2.05, 4.69) is 59.5 Å². The summed E-state index contributed by atoms with van der Waals surface area (Å²) in [4.78, 5) is 2.70. The molecule has 2 aliphatic carbocycles. The maximum atomic E-state index is 2.70. The number of benzene rings is 2. The Morgan fingerprint density at radius 2 is 1.38 bits per heavy atom. The highest BCUT2D eigenvalue weighted by molar-refractivity contribution is 5.49. The van der Waals surface area contributed by atoms with Crippen LogP contribution < -0.4 is 4.90 Å². The van der Waals surface area contributed by atoms with Crippen molar-refractivity contribution in [3.63, 3.8) is 0 Å². The molecule has 0 heterocycles. The monoisotopic (exact) mass is 319 g/mol. The molecule has 1 saturated carbocycles. The minimum absolute atomic E-state index is 0.633. The SMILES string of the molecule is c1ccc(N(CCC2CCCCC2)C2Cc3ccccc3C2)cc1. The normalized spacial score (nSPS) is 18.5. The van der Waals surface area contributed by atoms with E-state index in [0.29, 0.717) is 6.04 Å². The van der Waals surface area contributed by atoms with Gasteiger partial charge in [0.1, 0.15) is 0 Å². The van der Waals surface area contributed by atoms with Crippen LogP contribution in [-0.2, 0) is 12.8 Å². The molecule has 0 amide bonds. The summed E-state index contributed by atoms with van der Waals surface area (Å²) in [6.45, 7) is 1.22. The van der Waals surface area contributed by atoms with Gasteiger partial charge in [-0.1, -0.05) is 74.6 Å². The lowest BCUT2D eigenvalue weighted by atomic mass is 9.87. The predicted molar refractivity (Wildman–Crippen MR) is 103 cm³/mol.